The molecule has 210 valence electrons. The molecule has 11 heteroatoms. The van der Waals surface area contributed by atoms with Gasteiger partial charge in [0.15, 0.2) is 11.6 Å². The molecule has 1 fully saturated rings. The Labute approximate surface area is 241 Å². The van der Waals surface area contributed by atoms with Crippen molar-refractivity contribution in [3.05, 3.63) is 84.1 Å². The van der Waals surface area contributed by atoms with Gasteiger partial charge in [0.2, 0.25) is 5.91 Å². The fourth-order valence-electron chi connectivity index (χ4n) is 4.90. The van der Waals surface area contributed by atoms with Crippen LogP contribution in [0.3, 0.4) is 0 Å². The number of pyridine rings is 1. The number of hydrogen-bond donors (Lipinski definition) is 4. The average Bonchev–Trinajstić information content (AvgIpc) is 3.48. The number of nitriles is 1. The highest BCUT2D eigenvalue weighted by Crippen LogP contribution is 2.37. The number of nitrogens with two attached hydrogens (primary N) is 1. The number of carbonyl (C=O) groups is 2. The number of phenols is 1. The topological polar surface area (TPSA) is 154 Å². The fraction of sp³-hybridized carbons (Fsp3) is 0.200. The number of halogens is 2. The van der Waals surface area contributed by atoms with Crippen LogP contribution in [0.2, 0.25) is 0 Å². The standard InChI is InChI=1S/C30H26FN5O4.ClH/c31-18-10-11-21(26(37)14-18)25-15-22(23(16-32)28(35-25)36-30(39)27-9-4-12-40-27)17-5-3-6-19(13-17)34-29(38)20-7-1-2-8-24(20)33;/h3-6,9-15,20,24,37H,1-2,7-8,33H2,(H,34,38)(H,35,36,39);1H/t20?,24-;/m0./s1. The van der Waals surface area contributed by atoms with E-state index < -0.39 is 11.7 Å². The van der Waals surface area contributed by atoms with Crippen molar-refractivity contribution in [3.63, 3.8) is 0 Å². The molecular weight excluding hydrogens is 549 g/mol. The van der Waals surface area contributed by atoms with E-state index in [1.165, 1.54) is 24.5 Å². The molecule has 1 aliphatic rings. The smallest absolute Gasteiger partial charge is 0.292 e. The third-order valence-corrected chi connectivity index (χ3v) is 6.94. The van der Waals surface area contributed by atoms with Gasteiger partial charge < -0.3 is 25.9 Å². The molecule has 1 saturated carbocycles. The minimum Gasteiger partial charge on any atom is -0.507 e. The number of furan rings is 1. The summed E-state index contributed by atoms with van der Waals surface area (Å²) in [5.41, 5.74) is 8.03. The van der Waals surface area contributed by atoms with Gasteiger partial charge in [0.05, 0.1) is 17.9 Å². The molecule has 2 amide bonds. The largest absolute Gasteiger partial charge is 0.507 e. The van der Waals surface area contributed by atoms with E-state index in [0.29, 0.717) is 16.8 Å². The Balaban J connectivity index is 0.00000387. The summed E-state index contributed by atoms with van der Waals surface area (Å²) in [6.45, 7) is 0. The first-order chi connectivity index (χ1) is 19.3. The Morgan fingerprint density at radius 1 is 1.05 bits per heavy atom. The highest BCUT2D eigenvalue weighted by molar-refractivity contribution is 6.03. The second kappa shape index (κ2) is 12.6. The van der Waals surface area contributed by atoms with E-state index in [2.05, 4.69) is 21.7 Å². The summed E-state index contributed by atoms with van der Waals surface area (Å²) in [6, 6.07) is 16.8. The van der Waals surface area contributed by atoms with Crippen LogP contribution in [0, 0.1) is 23.1 Å². The summed E-state index contributed by atoms with van der Waals surface area (Å²) in [5.74, 6) is -2.16. The third-order valence-electron chi connectivity index (χ3n) is 6.94. The lowest BCUT2D eigenvalue weighted by molar-refractivity contribution is -0.121. The molecule has 41 heavy (non-hydrogen) atoms. The summed E-state index contributed by atoms with van der Waals surface area (Å²) in [7, 11) is 0. The van der Waals surface area contributed by atoms with E-state index in [9.17, 15) is 24.3 Å². The Morgan fingerprint density at radius 2 is 1.85 bits per heavy atom. The van der Waals surface area contributed by atoms with Gasteiger partial charge in [-0.2, -0.15) is 5.26 Å². The quantitative estimate of drug-likeness (QED) is 0.224. The molecule has 4 aromatic rings. The van der Waals surface area contributed by atoms with Crippen LogP contribution < -0.4 is 16.4 Å². The van der Waals surface area contributed by atoms with E-state index in [-0.39, 0.29) is 64.4 Å². The first-order valence-corrected chi connectivity index (χ1v) is 12.8. The number of rotatable bonds is 6. The number of nitrogens with zero attached hydrogens (tertiary/aromatic N) is 2. The Hall–Kier alpha value is -4.72. The molecule has 9 nitrogen and oxygen atoms in total. The van der Waals surface area contributed by atoms with Gasteiger partial charge in [0, 0.05) is 28.9 Å². The van der Waals surface area contributed by atoms with E-state index >= 15 is 0 Å². The molecule has 2 aromatic carbocycles. The predicted octanol–water partition coefficient (Wildman–Crippen LogP) is 5.86. The molecule has 1 aliphatic carbocycles. The van der Waals surface area contributed by atoms with Crippen molar-refractivity contribution in [1.82, 2.24) is 4.98 Å². The van der Waals surface area contributed by atoms with Crippen LogP contribution in [0.4, 0.5) is 15.9 Å². The van der Waals surface area contributed by atoms with E-state index in [1.807, 2.05) is 0 Å². The molecule has 0 bridgehead atoms. The lowest BCUT2D eigenvalue weighted by atomic mass is 9.84. The van der Waals surface area contributed by atoms with Crippen LogP contribution in [0.1, 0.15) is 41.8 Å². The number of phenolic OH excluding ortho intramolecular Hbond substituents is 1. The summed E-state index contributed by atoms with van der Waals surface area (Å²) < 4.78 is 18.9. The molecule has 0 radical (unpaired) electrons. The van der Waals surface area contributed by atoms with Gasteiger partial charge in [-0.3, -0.25) is 9.59 Å². The molecule has 0 spiro atoms. The van der Waals surface area contributed by atoms with Crippen LogP contribution in [-0.4, -0.2) is 27.9 Å². The molecule has 5 N–H and O–H groups in total. The minimum absolute atomic E-state index is 0. The van der Waals surface area contributed by atoms with Gasteiger partial charge in [0.25, 0.3) is 5.91 Å². The molecule has 1 unspecified atom stereocenters. The van der Waals surface area contributed by atoms with Crippen molar-refractivity contribution in [2.24, 2.45) is 11.7 Å². The third kappa shape index (κ3) is 6.38. The van der Waals surface area contributed by atoms with Crippen molar-refractivity contribution < 1.29 is 23.5 Å². The normalized spacial score (nSPS) is 16.2. The van der Waals surface area contributed by atoms with Gasteiger partial charge in [-0.15, -0.1) is 12.4 Å². The van der Waals surface area contributed by atoms with Crippen molar-refractivity contribution in [2.45, 2.75) is 31.7 Å². The summed E-state index contributed by atoms with van der Waals surface area (Å²) in [5, 5.41) is 26.1. The molecule has 2 heterocycles. The number of anilines is 2. The zero-order chi connectivity index (χ0) is 28.2. The van der Waals surface area contributed by atoms with Crippen LogP contribution in [0.15, 0.2) is 71.3 Å². The highest BCUT2D eigenvalue weighted by Gasteiger charge is 2.28. The molecule has 0 saturated heterocycles. The first-order valence-electron chi connectivity index (χ1n) is 12.8. The van der Waals surface area contributed by atoms with Crippen molar-refractivity contribution in [2.75, 3.05) is 10.6 Å². The Kier molecular flexibility index (Phi) is 9.02. The second-order valence-corrected chi connectivity index (χ2v) is 9.61. The lowest BCUT2D eigenvalue weighted by Gasteiger charge is -2.27. The van der Waals surface area contributed by atoms with Gasteiger partial charge in [0.1, 0.15) is 23.2 Å². The zero-order valence-corrected chi connectivity index (χ0v) is 22.6. The molecule has 2 atom stereocenters. The summed E-state index contributed by atoms with van der Waals surface area (Å²) >= 11 is 0. The second-order valence-electron chi connectivity index (χ2n) is 9.61. The lowest BCUT2D eigenvalue weighted by Crippen LogP contribution is -2.40. The Bertz CT molecular complexity index is 1620. The predicted molar refractivity (Wildman–Crippen MR) is 154 cm³/mol. The zero-order valence-electron chi connectivity index (χ0n) is 21.8. The number of nitrogens with one attached hydrogen (secondary N) is 2. The monoisotopic (exact) mass is 575 g/mol. The van der Waals surface area contributed by atoms with Crippen molar-refractivity contribution >= 4 is 35.7 Å². The summed E-state index contributed by atoms with van der Waals surface area (Å²) in [6.07, 6.45) is 4.81. The number of aromatic nitrogens is 1. The van der Waals surface area contributed by atoms with Crippen molar-refractivity contribution in [3.8, 4) is 34.2 Å². The molecule has 0 aliphatic heterocycles. The minimum atomic E-state index is -0.636. The van der Waals surface area contributed by atoms with Gasteiger partial charge in [-0.05, 0) is 60.9 Å². The number of carbonyl (C=O) groups excluding carboxylic acids is 2. The first kappa shape index (κ1) is 29.3. The van der Waals surface area contributed by atoms with Crippen LogP contribution in [0.25, 0.3) is 22.4 Å². The average molecular weight is 576 g/mol. The number of amides is 2. The van der Waals surface area contributed by atoms with E-state index in [1.54, 1.807) is 36.4 Å². The van der Waals surface area contributed by atoms with E-state index in [0.717, 1.165) is 31.7 Å². The van der Waals surface area contributed by atoms with Crippen LogP contribution in [-0.2, 0) is 4.79 Å². The van der Waals surface area contributed by atoms with Gasteiger partial charge in [-0.1, -0.05) is 25.0 Å². The molecule has 2 aromatic heterocycles. The molecular formula is C30H27ClFN5O4. The summed E-state index contributed by atoms with van der Waals surface area (Å²) in [4.78, 5) is 30.2. The van der Waals surface area contributed by atoms with Crippen LogP contribution >= 0.6 is 12.4 Å². The maximum absolute atomic E-state index is 13.7. The maximum Gasteiger partial charge on any atom is 0.292 e. The highest BCUT2D eigenvalue weighted by atomic mass is 35.5. The van der Waals surface area contributed by atoms with Gasteiger partial charge >= 0.3 is 0 Å². The van der Waals surface area contributed by atoms with E-state index in [4.69, 9.17) is 10.2 Å². The van der Waals surface area contributed by atoms with Gasteiger partial charge in [-0.25, -0.2) is 9.37 Å². The van der Waals surface area contributed by atoms with Crippen molar-refractivity contribution in [1.29, 1.82) is 5.26 Å². The van der Waals surface area contributed by atoms with Crippen LogP contribution in [0.5, 0.6) is 5.75 Å². The number of hydrogen-bond acceptors (Lipinski definition) is 7. The maximum atomic E-state index is 13.7. The molecule has 5 rings (SSSR count). The Morgan fingerprint density at radius 3 is 2.56 bits per heavy atom. The number of benzene rings is 2. The number of aromatic hydroxyl groups is 1. The SMILES string of the molecule is Cl.N#Cc1c(-c2cccc(NC(=O)C3CCCC[C@@H]3N)c2)cc(-c2ccc(F)cc2O)nc1NC(=O)c1ccco1. The fourth-order valence-corrected chi connectivity index (χ4v) is 4.90.